The predicted molar refractivity (Wildman–Crippen MR) is 101 cm³/mol. The first kappa shape index (κ1) is 21.6. The lowest BCUT2D eigenvalue weighted by Crippen LogP contribution is -2.47. The Hall–Kier alpha value is -2.13. The number of nitrogens with zero attached hydrogens (tertiary/aromatic N) is 2. The van der Waals surface area contributed by atoms with Crippen LogP contribution in [0.4, 0.5) is 13.2 Å². The Kier molecular flexibility index (Phi) is 6.19. The van der Waals surface area contributed by atoms with Crippen LogP contribution in [0.25, 0.3) is 0 Å². The number of fused-ring (bicyclic) bond motifs is 1. The second-order valence-corrected chi connectivity index (χ2v) is 8.05. The summed E-state index contributed by atoms with van der Waals surface area (Å²) in [5, 5.41) is 19.1. The van der Waals surface area contributed by atoms with Gasteiger partial charge in [-0.15, -0.1) is 0 Å². The maximum absolute atomic E-state index is 13.1. The van der Waals surface area contributed by atoms with Crippen molar-refractivity contribution in [3.05, 3.63) is 34.9 Å². The SMILES string of the molecule is CC(C)C1=NN(CC(=O)N[C@@H]2COC[C@H](C)C2)C(O)c2ccc(C(F)(F)F)cc21. The molecule has 3 atom stereocenters. The Labute approximate surface area is 167 Å². The fraction of sp³-hybridized carbons (Fsp3) is 0.600. The van der Waals surface area contributed by atoms with Crippen molar-refractivity contribution in [1.82, 2.24) is 10.3 Å². The van der Waals surface area contributed by atoms with Gasteiger partial charge in [0, 0.05) is 17.7 Å². The van der Waals surface area contributed by atoms with Crippen molar-refractivity contribution in [2.24, 2.45) is 16.9 Å². The molecule has 3 rings (SSSR count). The smallest absolute Gasteiger partial charge is 0.379 e. The molecule has 1 amide bonds. The van der Waals surface area contributed by atoms with Crippen molar-refractivity contribution < 1.29 is 27.8 Å². The third-order valence-electron chi connectivity index (χ3n) is 5.08. The van der Waals surface area contributed by atoms with Gasteiger partial charge in [-0.1, -0.05) is 26.8 Å². The maximum Gasteiger partial charge on any atom is 0.416 e. The molecule has 1 aromatic carbocycles. The molecular weight excluding hydrogens is 387 g/mol. The molecule has 1 fully saturated rings. The summed E-state index contributed by atoms with van der Waals surface area (Å²) >= 11 is 0. The van der Waals surface area contributed by atoms with Crippen LogP contribution < -0.4 is 5.32 Å². The van der Waals surface area contributed by atoms with Crippen LogP contribution in [-0.2, 0) is 15.7 Å². The first-order chi connectivity index (χ1) is 13.6. The number of hydrogen-bond donors (Lipinski definition) is 2. The summed E-state index contributed by atoms with van der Waals surface area (Å²) in [7, 11) is 0. The Morgan fingerprint density at radius 2 is 2.10 bits per heavy atom. The van der Waals surface area contributed by atoms with Gasteiger partial charge in [0.25, 0.3) is 0 Å². The molecule has 2 heterocycles. The van der Waals surface area contributed by atoms with Gasteiger partial charge in [-0.3, -0.25) is 9.80 Å². The molecule has 1 aromatic rings. The number of carbonyl (C=O) groups excluding carboxylic acids is 1. The van der Waals surface area contributed by atoms with E-state index in [1.807, 2.05) is 6.92 Å². The summed E-state index contributed by atoms with van der Waals surface area (Å²) in [6, 6.07) is 3.09. The molecule has 9 heteroatoms. The minimum absolute atomic E-state index is 0.108. The molecule has 0 radical (unpaired) electrons. The van der Waals surface area contributed by atoms with Crippen LogP contribution in [0.2, 0.25) is 0 Å². The number of nitrogens with one attached hydrogen (secondary N) is 1. The summed E-state index contributed by atoms with van der Waals surface area (Å²) in [6.45, 7) is 6.54. The maximum atomic E-state index is 13.1. The van der Waals surface area contributed by atoms with Gasteiger partial charge in [-0.2, -0.15) is 18.3 Å². The Morgan fingerprint density at radius 3 is 2.72 bits per heavy atom. The third kappa shape index (κ3) is 4.90. The van der Waals surface area contributed by atoms with E-state index in [2.05, 4.69) is 10.4 Å². The lowest BCUT2D eigenvalue weighted by atomic mass is 9.91. The number of halogens is 3. The highest BCUT2D eigenvalue weighted by Gasteiger charge is 2.35. The van der Waals surface area contributed by atoms with Gasteiger partial charge in [0.2, 0.25) is 5.91 Å². The van der Waals surface area contributed by atoms with Crippen molar-refractivity contribution in [2.75, 3.05) is 19.8 Å². The topological polar surface area (TPSA) is 74.2 Å². The van der Waals surface area contributed by atoms with Crippen LogP contribution in [0, 0.1) is 11.8 Å². The van der Waals surface area contributed by atoms with Crippen molar-refractivity contribution in [2.45, 2.75) is 45.6 Å². The average Bonchev–Trinajstić information content (AvgIpc) is 2.62. The number of amides is 1. The molecule has 6 nitrogen and oxygen atoms in total. The minimum atomic E-state index is -4.49. The van der Waals surface area contributed by atoms with Gasteiger partial charge in [-0.25, -0.2) is 0 Å². The highest BCUT2D eigenvalue weighted by molar-refractivity contribution is 6.04. The highest BCUT2D eigenvalue weighted by Crippen LogP contribution is 2.35. The minimum Gasteiger partial charge on any atom is -0.379 e. The van der Waals surface area contributed by atoms with Crippen LogP contribution in [0.5, 0.6) is 0 Å². The van der Waals surface area contributed by atoms with Crippen molar-refractivity contribution in [3.63, 3.8) is 0 Å². The van der Waals surface area contributed by atoms with Crippen LogP contribution in [0.3, 0.4) is 0 Å². The predicted octanol–water partition coefficient (Wildman–Crippen LogP) is 2.91. The summed E-state index contributed by atoms with van der Waals surface area (Å²) in [6.07, 6.45) is -4.99. The van der Waals surface area contributed by atoms with Gasteiger partial charge in [0.05, 0.1) is 23.9 Å². The molecule has 29 heavy (non-hydrogen) atoms. The van der Waals surface area contributed by atoms with Crippen LogP contribution >= 0.6 is 0 Å². The normalized spacial score (nSPS) is 24.9. The molecule has 2 aliphatic rings. The van der Waals surface area contributed by atoms with E-state index < -0.39 is 18.0 Å². The Balaban J connectivity index is 1.80. The number of rotatable bonds is 4. The van der Waals surface area contributed by atoms with E-state index in [0.29, 0.717) is 30.4 Å². The van der Waals surface area contributed by atoms with E-state index in [1.165, 1.54) is 11.1 Å². The van der Waals surface area contributed by atoms with E-state index in [9.17, 15) is 23.1 Å². The van der Waals surface area contributed by atoms with Gasteiger partial charge < -0.3 is 15.2 Å². The van der Waals surface area contributed by atoms with Gasteiger partial charge in [0.15, 0.2) is 6.23 Å². The van der Waals surface area contributed by atoms with Crippen molar-refractivity contribution in [1.29, 1.82) is 0 Å². The molecule has 1 saturated heterocycles. The van der Waals surface area contributed by atoms with E-state index in [1.54, 1.807) is 13.8 Å². The highest BCUT2D eigenvalue weighted by atomic mass is 19.4. The monoisotopic (exact) mass is 413 g/mol. The summed E-state index contributed by atoms with van der Waals surface area (Å²) < 4.78 is 44.8. The molecule has 160 valence electrons. The number of ether oxygens (including phenoxy) is 1. The lowest BCUT2D eigenvalue weighted by molar-refractivity contribution is -0.137. The molecule has 0 spiro atoms. The van der Waals surface area contributed by atoms with E-state index >= 15 is 0 Å². The zero-order chi connectivity index (χ0) is 21.3. The largest absolute Gasteiger partial charge is 0.416 e. The van der Waals surface area contributed by atoms with E-state index in [-0.39, 0.29) is 30.0 Å². The fourth-order valence-electron chi connectivity index (χ4n) is 3.69. The van der Waals surface area contributed by atoms with Gasteiger partial charge in [-0.05, 0) is 30.4 Å². The standard InChI is InChI=1S/C20H26F3N3O3/c1-11(2)18-16-7-13(20(21,22)23)4-5-15(16)19(28)26(25-18)8-17(27)24-14-6-12(3)9-29-10-14/h4-5,7,11-12,14,19,28H,6,8-10H2,1-3H3,(H,24,27)/t12-,14+,19?/m1/s1. The fourth-order valence-corrected chi connectivity index (χ4v) is 3.69. The first-order valence-electron chi connectivity index (χ1n) is 9.68. The molecule has 0 saturated carbocycles. The summed E-state index contributed by atoms with van der Waals surface area (Å²) in [5.74, 6) is -0.174. The van der Waals surface area contributed by atoms with Gasteiger partial charge >= 0.3 is 6.18 Å². The van der Waals surface area contributed by atoms with Crippen molar-refractivity contribution >= 4 is 11.6 Å². The summed E-state index contributed by atoms with van der Waals surface area (Å²) in [5.41, 5.74) is 0.167. The number of aliphatic hydroxyl groups is 1. The second kappa shape index (κ2) is 8.31. The average molecular weight is 413 g/mol. The number of carbonyl (C=O) groups is 1. The number of alkyl halides is 3. The van der Waals surface area contributed by atoms with E-state index in [0.717, 1.165) is 18.6 Å². The quantitative estimate of drug-likeness (QED) is 0.796. The van der Waals surface area contributed by atoms with Crippen LogP contribution in [-0.4, -0.2) is 47.5 Å². The number of hydrazone groups is 1. The van der Waals surface area contributed by atoms with Crippen LogP contribution in [0.1, 0.15) is 50.1 Å². The Morgan fingerprint density at radius 1 is 1.38 bits per heavy atom. The molecule has 2 aliphatic heterocycles. The molecule has 0 aliphatic carbocycles. The van der Waals surface area contributed by atoms with Crippen molar-refractivity contribution in [3.8, 4) is 0 Å². The molecule has 0 aromatic heterocycles. The zero-order valence-electron chi connectivity index (χ0n) is 16.7. The molecular formula is C20H26F3N3O3. The molecule has 0 bridgehead atoms. The molecule has 1 unspecified atom stereocenters. The lowest BCUT2D eigenvalue weighted by Gasteiger charge is -2.34. The number of aliphatic hydroxyl groups excluding tert-OH is 1. The second-order valence-electron chi connectivity index (χ2n) is 8.05. The first-order valence-corrected chi connectivity index (χ1v) is 9.68. The Bertz CT molecular complexity index is 795. The van der Waals surface area contributed by atoms with E-state index in [4.69, 9.17) is 4.74 Å². The van der Waals surface area contributed by atoms with Gasteiger partial charge in [0.1, 0.15) is 6.54 Å². The zero-order valence-corrected chi connectivity index (χ0v) is 16.7. The third-order valence-corrected chi connectivity index (χ3v) is 5.08. The summed E-state index contributed by atoms with van der Waals surface area (Å²) in [4.78, 5) is 12.5. The van der Waals surface area contributed by atoms with Crippen LogP contribution in [0.15, 0.2) is 23.3 Å². The number of hydrogen-bond acceptors (Lipinski definition) is 5. The number of benzene rings is 1. The molecule has 2 N–H and O–H groups in total.